The molecule has 2 N–H and O–H groups in total. The van der Waals surface area contributed by atoms with Crippen LogP contribution in [0.5, 0.6) is 0 Å². The molecule has 1 atom stereocenters. The zero-order valence-electron chi connectivity index (χ0n) is 7.74. The minimum atomic E-state index is -0.0679. The highest BCUT2D eigenvalue weighted by atomic mass is 79.9. The lowest BCUT2D eigenvalue weighted by Crippen LogP contribution is -2.08. The number of fused-ring (bicyclic) bond motifs is 1. The highest BCUT2D eigenvalue weighted by molar-refractivity contribution is 9.10. The third-order valence-electron chi connectivity index (χ3n) is 2.06. The van der Waals surface area contributed by atoms with Gasteiger partial charge in [-0.05, 0) is 25.1 Å². The Balaban J connectivity index is 2.75. The molecule has 0 radical (unpaired) electrons. The van der Waals surface area contributed by atoms with Gasteiger partial charge in [0.25, 0.3) is 0 Å². The molecule has 0 aliphatic heterocycles. The number of benzene rings is 1. The molecule has 0 spiro atoms. The van der Waals surface area contributed by atoms with E-state index in [-0.39, 0.29) is 6.04 Å². The molecule has 2 aromatic rings. The second kappa shape index (κ2) is 3.63. The summed E-state index contributed by atoms with van der Waals surface area (Å²) in [7, 11) is 0. The fourth-order valence-corrected chi connectivity index (χ4v) is 1.76. The van der Waals surface area contributed by atoms with Crippen LogP contribution in [-0.4, -0.2) is 9.97 Å². The molecule has 14 heavy (non-hydrogen) atoms. The highest BCUT2D eigenvalue weighted by Gasteiger charge is 2.07. The van der Waals surface area contributed by atoms with E-state index >= 15 is 0 Å². The number of hydrogen-bond donors (Lipinski definition) is 1. The van der Waals surface area contributed by atoms with Crippen LogP contribution in [0, 0.1) is 0 Å². The smallest absolute Gasteiger partial charge is 0.116 e. The van der Waals surface area contributed by atoms with Crippen molar-refractivity contribution in [3.05, 3.63) is 34.7 Å². The van der Waals surface area contributed by atoms with Crippen LogP contribution in [0.1, 0.15) is 18.7 Å². The van der Waals surface area contributed by atoms with Crippen molar-refractivity contribution in [1.82, 2.24) is 9.97 Å². The molecule has 0 bridgehead atoms. The SMILES string of the molecule is CC(N)c1ncnc2cc(Br)ccc12. The van der Waals surface area contributed by atoms with E-state index in [1.165, 1.54) is 0 Å². The van der Waals surface area contributed by atoms with Gasteiger partial charge < -0.3 is 5.73 Å². The molecule has 0 saturated carbocycles. The van der Waals surface area contributed by atoms with E-state index in [1.54, 1.807) is 6.33 Å². The van der Waals surface area contributed by atoms with Gasteiger partial charge in [-0.3, -0.25) is 0 Å². The first kappa shape index (κ1) is 9.55. The van der Waals surface area contributed by atoms with Crippen LogP contribution in [0.2, 0.25) is 0 Å². The van der Waals surface area contributed by atoms with Crippen LogP contribution in [0.25, 0.3) is 10.9 Å². The van der Waals surface area contributed by atoms with E-state index in [2.05, 4.69) is 25.9 Å². The monoisotopic (exact) mass is 251 g/mol. The van der Waals surface area contributed by atoms with E-state index in [9.17, 15) is 0 Å². The first-order chi connectivity index (χ1) is 6.68. The molecule has 4 heteroatoms. The standard InChI is InChI=1S/C10H10BrN3/c1-6(12)10-8-3-2-7(11)4-9(8)13-5-14-10/h2-6H,12H2,1H3. The van der Waals surface area contributed by atoms with E-state index < -0.39 is 0 Å². The summed E-state index contributed by atoms with van der Waals surface area (Å²) in [6, 6.07) is 5.85. The molecule has 1 unspecified atom stereocenters. The van der Waals surface area contributed by atoms with Crippen LogP contribution >= 0.6 is 15.9 Å². The van der Waals surface area contributed by atoms with Crippen molar-refractivity contribution in [2.24, 2.45) is 5.73 Å². The molecule has 0 aliphatic rings. The number of rotatable bonds is 1. The molecule has 2 rings (SSSR count). The van der Waals surface area contributed by atoms with Gasteiger partial charge in [0.2, 0.25) is 0 Å². The summed E-state index contributed by atoms with van der Waals surface area (Å²) in [5.74, 6) is 0. The van der Waals surface area contributed by atoms with Gasteiger partial charge in [0.1, 0.15) is 6.33 Å². The Morgan fingerprint density at radius 1 is 1.36 bits per heavy atom. The van der Waals surface area contributed by atoms with E-state index in [1.807, 2.05) is 25.1 Å². The van der Waals surface area contributed by atoms with Crippen LogP contribution in [-0.2, 0) is 0 Å². The second-order valence-electron chi connectivity index (χ2n) is 3.21. The summed E-state index contributed by atoms with van der Waals surface area (Å²) >= 11 is 3.40. The maximum Gasteiger partial charge on any atom is 0.116 e. The molecule has 1 aromatic heterocycles. The Hall–Kier alpha value is -1.000. The van der Waals surface area contributed by atoms with Crippen LogP contribution in [0.15, 0.2) is 29.0 Å². The van der Waals surface area contributed by atoms with Gasteiger partial charge in [-0.2, -0.15) is 0 Å². The fraction of sp³-hybridized carbons (Fsp3) is 0.200. The maximum atomic E-state index is 5.82. The predicted molar refractivity (Wildman–Crippen MR) is 59.8 cm³/mol. The Kier molecular flexibility index (Phi) is 2.48. The summed E-state index contributed by atoms with van der Waals surface area (Å²) < 4.78 is 1.01. The van der Waals surface area contributed by atoms with Crippen molar-refractivity contribution in [3.63, 3.8) is 0 Å². The first-order valence-electron chi connectivity index (χ1n) is 4.34. The Morgan fingerprint density at radius 3 is 2.86 bits per heavy atom. The van der Waals surface area contributed by atoms with E-state index in [0.29, 0.717) is 0 Å². The third kappa shape index (κ3) is 1.63. The lowest BCUT2D eigenvalue weighted by Gasteiger charge is -2.07. The van der Waals surface area contributed by atoms with Gasteiger partial charge >= 0.3 is 0 Å². The topological polar surface area (TPSA) is 51.8 Å². The number of halogens is 1. The molecule has 0 amide bonds. The number of aromatic nitrogens is 2. The molecular weight excluding hydrogens is 242 g/mol. The molecular formula is C10H10BrN3. The van der Waals surface area contributed by atoms with Gasteiger partial charge in [-0.1, -0.05) is 15.9 Å². The average molecular weight is 252 g/mol. The summed E-state index contributed by atoms with van der Waals surface area (Å²) in [5, 5.41) is 1.02. The van der Waals surface area contributed by atoms with Gasteiger partial charge in [0.05, 0.1) is 11.2 Å². The average Bonchev–Trinajstić information content (AvgIpc) is 2.16. The third-order valence-corrected chi connectivity index (χ3v) is 2.55. The fourth-order valence-electron chi connectivity index (χ4n) is 1.41. The van der Waals surface area contributed by atoms with Crippen LogP contribution in [0.4, 0.5) is 0 Å². The summed E-state index contributed by atoms with van der Waals surface area (Å²) in [5.41, 5.74) is 7.63. The molecule has 72 valence electrons. The van der Waals surface area contributed by atoms with Gasteiger partial charge in [0.15, 0.2) is 0 Å². The lowest BCUT2D eigenvalue weighted by atomic mass is 10.1. The summed E-state index contributed by atoms with van der Waals surface area (Å²) in [4.78, 5) is 8.37. The van der Waals surface area contributed by atoms with E-state index in [0.717, 1.165) is 21.1 Å². The molecule has 1 aromatic carbocycles. The van der Waals surface area contributed by atoms with E-state index in [4.69, 9.17) is 5.73 Å². The Morgan fingerprint density at radius 2 is 2.14 bits per heavy atom. The number of hydrogen-bond acceptors (Lipinski definition) is 3. The van der Waals surface area contributed by atoms with Crippen LogP contribution in [0.3, 0.4) is 0 Å². The van der Waals surface area contributed by atoms with Crippen molar-refractivity contribution >= 4 is 26.8 Å². The number of nitrogens with two attached hydrogens (primary N) is 1. The summed E-state index contributed by atoms with van der Waals surface area (Å²) in [6.07, 6.45) is 1.55. The molecule has 0 fully saturated rings. The van der Waals surface area contributed by atoms with Gasteiger partial charge in [-0.25, -0.2) is 9.97 Å². The lowest BCUT2D eigenvalue weighted by molar-refractivity contribution is 0.787. The Labute approximate surface area is 90.5 Å². The quantitative estimate of drug-likeness (QED) is 0.847. The molecule has 1 heterocycles. The minimum absolute atomic E-state index is 0.0679. The predicted octanol–water partition coefficient (Wildman–Crippen LogP) is 2.41. The zero-order chi connectivity index (χ0) is 10.1. The van der Waals surface area contributed by atoms with Crippen molar-refractivity contribution in [2.45, 2.75) is 13.0 Å². The Bertz CT molecular complexity index is 468. The van der Waals surface area contributed by atoms with Gasteiger partial charge in [0, 0.05) is 15.9 Å². The minimum Gasteiger partial charge on any atom is -0.323 e. The normalized spacial score (nSPS) is 13.1. The largest absolute Gasteiger partial charge is 0.323 e. The van der Waals surface area contributed by atoms with Crippen molar-refractivity contribution in [3.8, 4) is 0 Å². The van der Waals surface area contributed by atoms with Crippen molar-refractivity contribution in [2.75, 3.05) is 0 Å². The van der Waals surface area contributed by atoms with Crippen molar-refractivity contribution < 1.29 is 0 Å². The molecule has 0 aliphatic carbocycles. The second-order valence-corrected chi connectivity index (χ2v) is 4.12. The molecule has 0 saturated heterocycles. The maximum absolute atomic E-state index is 5.82. The summed E-state index contributed by atoms with van der Waals surface area (Å²) in [6.45, 7) is 1.92. The van der Waals surface area contributed by atoms with Crippen molar-refractivity contribution in [1.29, 1.82) is 0 Å². The van der Waals surface area contributed by atoms with Crippen LogP contribution < -0.4 is 5.73 Å². The number of nitrogens with zero attached hydrogens (tertiary/aromatic N) is 2. The van der Waals surface area contributed by atoms with Gasteiger partial charge in [-0.15, -0.1) is 0 Å². The zero-order valence-corrected chi connectivity index (χ0v) is 9.32. The first-order valence-corrected chi connectivity index (χ1v) is 5.13. The highest BCUT2D eigenvalue weighted by Crippen LogP contribution is 2.22. The molecule has 3 nitrogen and oxygen atoms in total.